The highest BCUT2D eigenvalue weighted by atomic mass is 16.5. The van der Waals surface area contributed by atoms with Crippen LogP contribution in [0.4, 0.5) is 0 Å². The van der Waals surface area contributed by atoms with Gasteiger partial charge in [0.1, 0.15) is 6.04 Å². The van der Waals surface area contributed by atoms with Crippen molar-refractivity contribution in [3.63, 3.8) is 0 Å². The molecule has 1 amide bonds. The molecule has 0 fully saturated rings. The largest absolute Gasteiger partial charge is 0.383 e. The molecule has 1 aromatic heterocycles. The van der Waals surface area contributed by atoms with Gasteiger partial charge in [0.25, 0.3) is 0 Å². The molecule has 8 nitrogen and oxygen atoms in total. The van der Waals surface area contributed by atoms with Gasteiger partial charge in [-0.05, 0) is 10.8 Å². The fourth-order valence-electron chi connectivity index (χ4n) is 1.63. The molecule has 0 bridgehead atoms. The standard InChI is InChI=1S/C12H16N6O2/c1-20-7-10(13)12(19)14-6-8-2-4-9(5-3-8)11-15-17-18-16-11/h2-5,10H,6-7,13H2,1H3,(H,14,19)(H,15,16,17,18). The molecule has 1 heterocycles. The van der Waals surface area contributed by atoms with Crippen LogP contribution in [0.3, 0.4) is 0 Å². The van der Waals surface area contributed by atoms with Gasteiger partial charge in [-0.1, -0.05) is 24.3 Å². The summed E-state index contributed by atoms with van der Waals surface area (Å²) in [5, 5.41) is 16.4. The highest BCUT2D eigenvalue weighted by Crippen LogP contribution is 2.13. The van der Waals surface area contributed by atoms with Crippen LogP contribution in [-0.2, 0) is 16.1 Å². The number of rotatable bonds is 6. The van der Waals surface area contributed by atoms with E-state index in [-0.39, 0.29) is 12.5 Å². The Labute approximate surface area is 115 Å². The monoisotopic (exact) mass is 276 g/mol. The minimum absolute atomic E-state index is 0.197. The summed E-state index contributed by atoms with van der Waals surface area (Å²) in [5.74, 6) is 0.289. The van der Waals surface area contributed by atoms with Gasteiger partial charge < -0.3 is 15.8 Å². The number of H-pyrrole nitrogens is 1. The Morgan fingerprint density at radius 3 is 2.80 bits per heavy atom. The molecule has 20 heavy (non-hydrogen) atoms. The second-order valence-corrected chi connectivity index (χ2v) is 4.21. The van der Waals surface area contributed by atoms with Gasteiger partial charge in [0.05, 0.1) is 6.61 Å². The highest BCUT2D eigenvalue weighted by Gasteiger charge is 2.12. The van der Waals surface area contributed by atoms with E-state index in [4.69, 9.17) is 10.5 Å². The Morgan fingerprint density at radius 1 is 1.45 bits per heavy atom. The maximum atomic E-state index is 11.6. The predicted molar refractivity (Wildman–Crippen MR) is 71.3 cm³/mol. The van der Waals surface area contributed by atoms with Crippen molar-refractivity contribution >= 4 is 5.91 Å². The summed E-state index contributed by atoms with van der Waals surface area (Å²) in [6.07, 6.45) is 0. The molecule has 0 saturated heterocycles. The summed E-state index contributed by atoms with van der Waals surface area (Å²) < 4.78 is 4.83. The van der Waals surface area contributed by atoms with Crippen LogP contribution in [-0.4, -0.2) is 46.3 Å². The van der Waals surface area contributed by atoms with Crippen LogP contribution in [0.15, 0.2) is 24.3 Å². The summed E-state index contributed by atoms with van der Waals surface area (Å²) in [5.41, 5.74) is 7.42. The topological polar surface area (TPSA) is 119 Å². The lowest BCUT2D eigenvalue weighted by atomic mass is 10.1. The molecule has 0 radical (unpaired) electrons. The number of tetrazole rings is 1. The van der Waals surface area contributed by atoms with Crippen LogP contribution < -0.4 is 11.1 Å². The van der Waals surface area contributed by atoms with Crippen molar-refractivity contribution in [2.45, 2.75) is 12.6 Å². The van der Waals surface area contributed by atoms with E-state index in [0.717, 1.165) is 11.1 Å². The number of amides is 1. The minimum Gasteiger partial charge on any atom is -0.383 e. The maximum Gasteiger partial charge on any atom is 0.239 e. The summed E-state index contributed by atoms with van der Waals surface area (Å²) in [6.45, 7) is 0.603. The third kappa shape index (κ3) is 3.59. The lowest BCUT2D eigenvalue weighted by molar-refractivity contribution is -0.123. The van der Waals surface area contributed by atoms with Crippen molar-refractivity contribution < 1.29 is 9.53 Å². The number of carbonyl (C=O) groups excluding carboxylic acids is 1. The molecule has 1 aromatic carbocycles. The first-order valence-electron chi connectivity index (χ1n) is 6.05. The zero-order valence-electron chi connectivity index (χ0n) is 11.0. The Morgan fingerprint density at radius 2 is 2.20 bits per heavy atom. The van der Waals surface area contributed by atoms with Crippen LogP contribution >= 0.6 is 0 Å². The van der Waals surface area contributed by atoms with E-state index in [1.165, 1.54) is 7.11 Å². The zero-order valence-corrected chi connectivity index (χ0v) is 11.0. The molecule has 1 atom stereocenters. The van der Waals surface area contributed by atoms with Gasteiger partial charge in [0.2, 0.25) is 11.7 Å². The predicted octanol–water partition coefficient (Wildman–Crippen LogP) is -0.543. The molecule has 4 N–H and O–H groups in total. The number of hydrogen-bond donors (Lipinski definition) is 3. The van der Waals surface area contributed by atoms with Crippen molar-refractivity contribution in [3.05, 3.63) is 29.8 Å². The first-order valence-corrected chi connectivity index (χ1v) is 6.05. The van der Waals surface area contributed by atoms with Gasteiger partial charge in [-0.2, -0.15) is 5.21 Å². The fraction of sp³-hybridized carbons (Fsp3) is 0.333. The number of nitrogens with one attached hydrogen (secondary N) is 2. The first-order chi connectivity index (χ1) is 9.70. The number of aromatic nitrogens is 4. The van der Waals surface area contributed by atoms with Gasteiger partial charge in [-0.3, -0.25) is 4.79 Å². The Bertz CT molecular complexity index is 540. The molecule has 0 aliphatic carbocycles. The molecule has 2 rings (SSSR count). The Kier molecular flexibility index (Phi) is 4.75. The maximum absolute atomic E-state index is 11.6. The summed E-state index contributed by atoms with van der Waals surface area (Å²) >= 11 is 0. The Hall–Kier alpha value is -2.32. The first kappa shape index (κ1) is 14.1. The minimum atomic E-state index is -0.654. The number of hydrogen-bond acceptors (Lipinski definition) is 6. The van der Waals surface area contributed by atoms with Crippen LogP contribution in [0.1, 0.15) is 5.56 Å². The van der Waals surface area contributed by atoms with Crippen molar-refractivity contribution in [1.82, 2.24) is 25.9 Å². The number of methoxy groups -OCH3 is 1. The van der Waals surface area contributed by atoms with Crippen molar-refractivity contribution in [2.75, 3.05) is 13.7 Å². The number of aromatic amines is 1. The van der Waals surface area contributed by atoms with Crippen molar-refractivity contribution in [3.8, 4) is 11.4 Å². The van der Waals surface area contributed by atoms with E-state index in [2.05, 4.69) is 25.9 Å². The molecule has 1 unspecified atom stereocenters. The third-order valence-electron chi connectivity index (χ3n) is 2.71. The summed E-state index contributed by atoms with van der Waals surface area (Å²) in [7, 11) is 1.50. The van der Waals surface area contributed by atoms with E-state index in [9.17, 15) is 4.79 Å². The fourth-order valence-corrected chi connectivity index (χ4v) is 1.63. The molecule has 0 aliphatic rings. The van der Waals surface area contributed by atoms with Crippen LogP contribution in [0.25, 0.3) is 11.4 Å². The molecular formula is C12H16N6O2. The molecule has 106 valence electrons. The number of benzene rings is 1. The van der Waals surface area contributed by atoms with Gasteiger partial charge in [-0.15, -0.1) is 10.2 Å². The molecule has 8 heteroatoms. The van der Waals surface area contributed by atoms with E-state index < -0.39 is 6.04 Å². The van der Waals surface area contributed by atoms with Gasteiger partial charge in [0, 0.05) is 19.2 Å². The third-order valence-corrected chi connectivity index (χ3v) is 2.71. The molecule has 0 aliphatic heterocycles. The molecule has 2 aromatic rings. The quantitative estimate of drug-likeness (QED) is 0.651. The normalized spacial score (nSPS) is 12.1. The lowest BCUT2D eigenvalue weighted by Crippen LogP contribution is -2.43. The van der Waals surface area contributed by atoms with Crippen LogP contribution in [0, 0.1) is 0 Å². The summed E-state index contributed by atoms with van der Waals surface area (Å²) in [6, 6.07) is 6.84. The number of nitrogens with two attached hydrogens (primary N) is 1. The SMILES string of the molecule is COCC(N)C(=O)NCc1ccc(-c2nn[nH]n2)cc1. The van der Waals surface area contributed by atoms with Gasteiger partial charge >= 0.3 is 0 Å². The number of carbonyl (C=O) groups is 1. The Balaban J connectivity index is 1.90. The van der Waals surface area contributed by atoms with E-state index in [0.29, 0.717) is 12.4 Å². The average Bonchev–Trinajstić information content (AvgIpc) is 2.99. The molecular weight excluding hydrogens is 260 g/mol. The highest BCUT2D eigenvalue weighted by molar-refractivity contribution is 5.81. The zero-order chi connectivity index (χ0) is 14.4. The molecule has 0 saturated carbocycles. The van der Waals surface area contributed by atoms with Gasteiger partial charge in [0.15, 0.2) is 0 Å². The van der Waals surface area contributed by atoms with E-state index >= 15 is 0 Å². The van der Waals surface area contributed by atoms with Gasteiger partial charge in [-0.25, -0.2) is 0 Å². The van der Waals surface area contributed by atoms with Crippen molar-refractivity contribution in [2.24, 2.45) is 5.73 Å². The smallest absolute Gasteiger partial charge is 0.239 e. The second kappa shape index (κ2) is 6.73. The van der Waals surface area contributed by atoms with E-state index in [1.54, 1.807) is 0 Å². The molecule has 0 spiro atoms. The average molecular weight is 276 g/mol. The lowest BCUT2D eigenvalue weighted by Gasteiger charge is -2.11. The van der Waals surface area contributed by atoms with Crippen LogP contribution in [0.2, 0.25) is 0 Å². The van der Waals surface area contributed by atoms with E-state index in [1.807, 2.05) is 24.3 Å². The van der Waals surface area contributed by atoms with Crippen molar-refractivity contribution in [1.29, 1.82) is 0 Å². The summed E-state index contributed by atoms with van der Waals surface area (Å²) in [4.78, 5) is 11.6. The second-order valence-electron chi connectivity index (χ2n) is 4.21. The number of ether oxygens (including phenoxy) is 1. The van der Waals surface area contributed by atoms with Crippen LogP contribution in [0.5, 0.6) is 0 Å². The number of nitrogens with zero attached hydrogens (tertiary/aromatic N) is 3.